The molecule has 0 amide bonds. The molecule has 2 aromatic heterocycles. The van der Waals surface area contributed by atoms with Gasteiger partial charge >= 0.3 is 0 Å². The van der Waals surface area contributed by atoms with E-state index in [4.69, 9.17) is 4.74 Å². The number of ether oxygens (including phenoxy) is 1. The van der Waals surface area contributed by atoms with E-state index in [-0.39, 0.29) is 6.10 Å². The first-order valence-corrected chi connectivity index (χ1v) is 5.84. The summed E-state index contributed by atoms with van der Waals surface area (Å²) < 4.78 is 16.0. The first-order chi connectivity index (χ1) is 7.66. The molecule has 0 aromatic carbocycles. The molecule has 0 atom stereocenters. The molecule has 0 aliphatic heterocycles. The number of rotatable bonds is 3. The maximum atomic E-state index is 5.61. The Morgan fingerprint density at radius 2 is 2.19 bits per heavy atom. The summed E-state index contributed by atoms with van der Waals surface area (Å²) in [4.78, 5) is 0. The lowest BCUT2D eigenvalue weighted by Crippen LogP contribution is -2.26. The number of aryl methyl sites for hydroxylation is 1. The largest absolute Gasteiger partial charge is 0.473 e. The lowest BCUT2D eigenvalue weighted by Gasteiger charge is -2.06. The fourth-order valence-corrected chi connectivity index (χ4v) is 1.89. The Bertz CT molecular complexity index is 482. The van der Waals surface area contributed by atoms with Crippen LogP contribution in [0.15, 0.2) is 24.5 Å². The Morgan fingerprint density at radius 1 is 1.38 bits per heavy atom. The zero-order valence-corrected chi connectivity index (χ0v) is 10.4. The van der Waals surface area contributed by atoms with E-state index in [2.05, 4.69) is 8.75 Å². The second-order valence-corrected chi connectivity index (χ2v) is 4.37. The van der Waals surface area contributed by atoms with Crippen molar-refractivity contribution in [2.45, 2.75) is 20.0 Å². The molecule has 0 aliphatic rings. The average molecular weight is 236 g/mol. The molecule has 84 valence electrons. The standard InChI is InChI=1S/C11H14N3OS/c1-8(2)15-11-10(12-16-13-11)9-5-4-6-14(3)7-9/h4-8H,1-3H3/q+1. The van der Waals surface area contributed by atoms with Crippen LogP contribution in [0.1, 0.15) is 13.8 Å². The summed E-state index contributed by atoms with van der Waals surface area (Å²) in [6.07, 6.45) is 4.09. The van der Waals surface area contributed by atoms with Gasteiger partial charge in [0.25, 0.3) is 5.88 Å². The van der Waals surface area contributed by atoms with Gasteiger partial charge in [0.2, 0.25) is 0 Å². The Hall–Kier alpha value is -1.49. The molecule has 0 spiro atoms. The van der Waals surface area contributed by atoms with Gasteiger partial charge in [0, 0.05) is 6.07 Å². The normalized spacial score (nSPS) is 10.8. The van der Waals surface area contributed by atoms with E-state index in [9.17, 15) is 0 Å². The Morgan fingerprint density at radius 3 is 2.88 bits per heavy atom. The lowest BCUT2D eigenvalue weighted by molar-refractivity contribution is -0.671. The Labute approximate surface area is 98.9 Å². The molecule has 0 radical (unpaired) electrons. The Balaban J connectivity index is 2.37. The Kier molecular flexibility index (Phi) is 3.14. The quantitative estimate of drug-likeness (QED) is 0.763. The van der Waals surface area contributed by atoms with E-state index >= 15 is 0 Å². The lowest BCUT2D eigenvalue weighted by atomic mass is 10.2. The van der Waals surface area contributed by atoms with Crippen molar-refractivity contribution in [3.8, 4) is 17.1 Å². The van der Waals surface area contributed by atoms with Gasteiger partial charge in [-0.3, -0.25) is 0 Å². The predicted molar refractivity (Wildman–Crippen MR) is 62.3 cm³/mol. The fourth-order valence-electron chi connectivity index (χ4n) is 1.39. The third kappa shape index (κ3) is 2.36. The van der Waals surface area contributed by atoms with Gasteiger partial charge in [0.1, 0.15) is 7.05 Å². The molecule has 4 nitrogen and oxygen atoms in total. The average Bonchev–Trinajstić information content (AvgIpc) is 2.65. The first-order valence-electron chi connectivity index (χ1n) is 5.11. The number of pyridine rings is 1. The second-order valence-electron chi connectivity index (χ2n) is 3.84. The molecule has 16 heavy (non-hydrogen) atoms. The molecule has 0 bridgehead atoms. The van der Waals surface area contributed by atoms with Crippen LogP contribution >= 0.6 is 11.7 Å². The van der Waals surface area contributed by atoms with Gasteiger partial charge in [-0.05, 0) is 19.9 Å². The van der Waals surface area contributed by atoms with E-state index in [1.165, 1.54) is 11.7 Å². The smallest absolute Gasteiger partial charge is 0.254 e. The summed E-state index contributed by atoms with van der Waals surface area (Å²) in [6, 6.07) is 3.98. The van der Waals surface area contributed by atoms with Crippen LogP contribution in [0.3, 0.4) is 0 Å². The van der Waals surface area contributed by atoms with Crippen LogP contribution in [0.4, 0.5) is 0 Å². The SMILES string of the molecule is CC(C)Oc1nsnc1-c1ccc[n+](C)c1. The molecule has 2 aromatic rings. The molecule has 0 aliphatic carbocycles. The molecule has 2 rings (SSSR count). The molecular formula is C11H14N3OS+. The van der Waals surface area contributed by atoms with Crippen LogP contribution in [-0.4, -0.2) is 14.9 Å². The van der Waals surface area contributed by atoms with Crippen molar-refractivity contribution in [3.05, 3.63) is 24.5 Å². The summed E-state index contributed by atoms with van der Waals surface area (Å²) in [5.41, 5.74) is 1.84. The van der Waals surface area contributed by atoms with Gasteiger partial charge < -0.3 is 4.74 Å². The van der Waals surface area contributed by atoms with Crippen LogP contribution in [-0.2, 0) is 7.05 Å². The van der Waals surface area contributed by atoms with Gasteiger partial charge in [-0.25, -0.2) is 4.57 Å². The van der Waals surface area contributed by atoms with Crippen molar-refractivity contribution in [2.24, 2.45) is 7.05 Å². The number of aromatic nitrogens is 3. The van der Waals surface area contributed by atoms with Gasteiger partial charge in [-0.15, -0.1) is 4.37 Å². The van der Waals surface area contributed by atoms with E-state index in [1.54, 1.807) is 0 Å². The summed E-state index contributed by atoms with van der Waals surface area (Å²) in [5.74, 6) is 0.617. The number of nitrogens with zero attached hydrogens (tertiary/aromatic N) is 3. The van der Waals surface area contributed by atoms with Crippen molar-refractivity contribution >= 4 is 11.7 Å². The highest BCUT2D eigenvalue weighted by Gasteiger charge is 2.15. The highest BCUT2D eigenvalue weighted by molar-refractivity contribution is 6.99. The van der Waals surface area contributed by atoms with Crippen molar-refractivity contribution in [1.82, 2.24) is 8.75 Å². The minimum atomic E-state index is 0.111. The summed E-state index contributed by atoms with van der Waals surface area (Å²) >= 11 is 1.17. The minimum Gasteiger partial charge on any atom is -0.473 e. The zero-order chi connectivity index (χ0) is 11.5. The molecule has 0 fully saturated rings. The van der Waals surface area contributed by atoms with Crippen LogP contribution in [0.25, 0.3) is 11.3 Å². The van der Waals surface area contributed by atoms with Gasteiger partial charge in [0.05, 0.1) is 23.4 Å². The van der Waals surface area contributed by atoms with Crippen molar-refractivity contribution in [3.63, 3.8) is 0 Å². The van der Waals surface area contributed by atoms with Crippen molar-refractivity contribution < 1.29 is 9.30 Å². The minimum absolute atomic E-state index is 0.111. The molecule has 0 N–H and O–H groups in total. The van der Waals surface area contributed by atoms with Crippen LogP contribution in [0.2, 0.25) is 0 Å². The maximum Gasteiger partial charge on any atom is 0.254 e. The van der Waals surface area contributed by atoms with Crippen molar-refractivity contribution in [1.29, 1.82) is 0 Å². The summed E-state index contributed by atoms with van der Waals surface area (Å²) in [6.45, 7) is 3.96. The van der Waals surface area contributed by atoms with Gasteiger partial charge in [-0.1, -0.05) is 0 Å². The van der Waals surface area contributed by atoms with Gasteiger partial charge in [-0.2, -0.15) is 4.37 Å². The van der Waals surface area contributed by atoms with E-state index in [1.807, 2.05) is 50.0 Å². The molecule has 2 heterocycles. The molecule has 0 unspecified atom stereocenters. The molecular weight excluding hydrogens is 222 g/mol. The van der Waals surface area contributed by atoms with Crippen molar-refractivity contribution in [2.75, 3.05) is 0 Å². The number of hydrogen-bond acceptors (Lipinski definition) is 4. The summed E-state index contributed by atoms with van der Waals surface area (Å²) in [7, 11) is 1.98. The van der Waals surface area contributed by atoms with Crippen LogP contribution in [0.5, 0.6) is 5.88 Å². The fraction of sp³-hybridized carbons (Fsp3) is 0.364. The topological polar surface area (TPSA) is 38.9 Å². The molecule has 0 saturated heterocycles. The zero-order valence-electron chi connectivity index (χ0n) is 9.54. The molecule has 0 saturated carbocycles. The number of hydrogen-bond donors (Lipinski definition) is 0. The highest BCUT2D eigenvalue weighted by atomic mass is 32.1. The molecule has 5 heteroatoms. The van der Waals surface area contributed by atoms with Crippen LogP contribution in [0, 0.1) is 0 Å². The second kappa shape index (κ2) is 4.57. The van der Waals surface area contributed by atoms with E-state index < -0.39 is 0 Å². The first kappa shape index (κ1) is 11.0. The third-order valence-corrected chi connectivity index (χ3v) is 2.53. The third-order valence-electron chi connectivity index (χ3n) is 2.02. The van der Waals surface area contributed by atoms with E-state index in [0.29, 0.717) is 5.88 Å². The summed E-state index contributed by atoms with van der Waals surface area (Å²) in [5, 5.41) is 0. The maximum absolute atomic E-state index is 5.61. The van der Waals surface area contributed by atoms with Gasteiger partial charge in [0.15, 0.2) is 18.1 Å². The predicted octanol–water partition coefficient (Wildman–Crippen LogP) is 1.82. The van der Waals surface area contributed by atoms with E-state index in [0.717, 1.165) is 11.3 Å². The monoisotopic (exact) mass is 236 g/mol. The van der Waals surface area contributed by atoms with Crippen LogP contribution < -0.4 is 9.30 Å². The highest BCUT2D eigenvalue weighted by Crippen LogP contribution is 2.27.